The Labute approximate surface area is 126 Å². The number of halogens is 2. The smallest absolute Gasteiger partial charge is 0.0482 e. The van der Waals surface area contributed by atoms with Gasteiger partial charge in [-0.3, -0.25) is 4.90 Å². The second-order valence-electron chi connectivity index (χ2n) is 5.05. The van der Waals surface area contributed by atoms with Crippen LogP contribution in [0.4, 0.5) is 0 Å². The SMILES string of the molecule is CN(C)CCCN(C)C(CN)c1cc(Cl)ccc1Cl. The van der Waals surface area contributed by atoms with Crippen molar-refractivity contribution >= 4 is 23.2 Å². The van der Waals surface area contributed by atoms with Crippen LogP contribution in [0.3, 0.4) is 0 Å². The maximum Gasteiger partial charge on any atom is 0.0482 e. The van der Waals surface area contributed by atoms with Crippen molar-refractivity contribution < 1.29 is 0 Å². The van der Waals surface area contributed by atoms with Crippen molar-refractivity contribution in [3.05, 3.63) is 33.8 Å². The van der Waals surface area contributed by atoms with Crippen LogP contribution in [0.1, 0.15) is 18.0 Å². The molecule has 0 amide bonds. The summed E-state index contributed by atoms with van der Waals surface area (Å²) in [6, 6.07) is 5.64. The third kappa shape index (κ3) is 5.28. The van der Waals surface area contributed by atoms with Gasteiger partial charge < -0.3 is 10.6 Å². The first-order chi connectivity index (χ1) is 8.95. The lowest BCUT2D eigenvalue weighted by Crippen LogP contribution is -2.32. The van der Waals surface area contributed by atoms with E-state index >= 15 is 0 Å². The molecule has 0 fully saturated rings. The Morgan fingerprint density at radius 2 is 1.84 bits per heavy atom. The summed E-state index contributed by atoms with van der Waals surface area (Å²) in [6.45, 7) is 2.56. The molecule has 0 saturated carbocycles. The largest absolute Gasteiger partial charge is 0.329 e. The fourth-order valence-corrected chi connectivity index (χ4v) is 2.53. The molecular formula is C14H23Cl2N3. The van der Waals surface area contributed by atoms with Crippen molar-refractivity contribution in [3.63, 3.8) is 0 Å². The Morgan fingerprint density at radius 3 is 2.42 bits per heavy atom. The minimum atomic E-state index is 0.105. The zero-order chi connectivity index (χ0) is 14.4. The average molecular weight is 304 g/mol. The minimum absolute atomic E-state index is 0.105. The molecule has 0 spiro atoms. The number of hydrogen-bond acceptors (Lipinski definition) is 3. The van der Waals surface area contributed by atoms with Crippen molar-refractivity contribution in [1.29, 1.82) is 0 Å². The van der Waals surface area contributed by atoms with Crippen molar-refractivity contribution in [2.45, 2.75) is 12.5 Å². The normalized spacial score (nSPS) is 13.3. The van der Waals surface area contributed by atoms with E-state index in [0.717, 1.165) is 30.1 Å². The van der Waals surface area contributed by atoms with Crippen molar-refractivity contribution in [1.82, 2.24) is 9.80 Å². The highest BCUT2D eigenvalue weighted by molar-refractivity contribution is 6.33. The van der Waals surface area contributed by atoms with E-state index in [1.807, 2.05) is 12.1 Å². The molecule has 1 aromatic carbocycles. The van der Waals surface area contributed by atoms with Gasteiger partial charge in [0.15, 0.2) is 0 Å². The molecule has 0 aliphatic rings. The van der Waals surface area contributed by atoms with Gasteiger partial charge in [-0.25, -0.2) is 0 Å². The summed E-state index contributed by atoms with van der Waals surface area (Å²) in [6.07, 6.45) is 1.10. The van der Waals surface area contributed by atoms with E-state index in [0.29, 0.717) is 11.6 Å². The number of hydrogen-bond donors (Lipinski definition) is 1. The molecule has 108 valence electrons. The molecule has 1 aromatic rings. The lowest BCUT2D eigenvalue weighted by atomic mass is 10.1. The Morgan fingerprint density at radius 1 is 1.16 bits per heavy atom. The maximum atomic E-state index is 6.25. The van der Waals surface area contributed by atoms with Gasteiger partial charge in [0.05, 0.1) is 0 Å². The van der Waals surface area contributed by atoms with E-state index in [4.69, 9.17) is 28.9 Å². The summed E-state index contributed by atoms with van der Waals surface area (Å²) < 4.78 is 0. The molecule has 0 saturated heterocycles. The van der Waals surface area contributed by atoms with Gasteiger partial charge in [-0.1, -0.05) is 23.2 Å². The molecule has 0 aliphatic carbocycles. The molecular weight excluding hydrogens is 281 g/mol. The molecule has 0 aromatic heterocycles. The van der Waals surface area contributed by atoms with Gasteiger partial charge in [-0.05, 0) is 64.4 Å². The molecule has 0 heterocycles. The van der Waals surface area contributed by atoms with Gasteiger partial charge in [-0.15, -0.1) is 0 Å². The summed E-state index contributed by atoms with van der Waals surface area (Å²) in [5.74, 6) is 0. The minimum Gasteiger partial charge on any atom is -0.329 e. The molecule has 2 N–H and O–H groups in total. The number of likely N-dealkylation sites (N-methyl/N-ethyl adjacent to an activating group) is 1. The number of nitrogens with two attached hydrogens (primary N) is 1. The summed E-state index contributed by atoms with van der Waals surface area (Å²) in [5.41, 5.74) is 6.91. The van der Waals surface area contributed by atoms with E-state index in [9.17, 15) is 0 Å². The third-order valence-electron chi connectivity index (χ3n) is 3.19. The molecule has 19 heavy (non-hydrogen) atoms. The van der Waals surface area contributed by atoms with Crippen LogP contribution in [0.2, 0.25) is 10.0 Å². The first kappa shape index (κ1) is 16.7. The van der Waals surface area contributed by atoms with Crippen LogP contribution in [0, 0.1) is 0 Å². The molecule has 1 unspecified atom stereocenters. The van der Waals surface area contributed by atoms with Crippen LogP contribution in [0.5, 0.6) is 0 Å². The fourth-order valence-electron chi connectivity index (χ4n) is 2.11. The van der Waals surface area contributed by atoms with Crippen LogP contribution in [-0.2, 0) is 0 Å². The topological polar surface area (TPSA) is 32.5 Å². The zero-order valence-corrected chi connectivity index (χ0v) is 13.4. The van der Waals surface area contributed by atoms with Crippen LogP contribution in [-0.4, -0.2) is 50.6 Å². The van der Waals surface area contributed by atoms with Crippen LogP contribution in [0.15, 0.2) is 18.2 Å². The summed E-state index contributed by atoms with van der Waals surface area (Å²) in [5, 5.41) is 1.42. The summed E-state index contributed by atoms with van der Waals surface area (Å²) in [4.78, 5) is 4.42. The lowest BCUT2D eigenvalue weighted by Gasteiger charge is -2.28. The number of rotatable bonds is 7. The highest BCUT2D eigenvalue weighted by Crippen LogP contribution is 2.29. The number of nitrogens with zero attached hydrogens (tertiary/aromatic N) is 2. The van der Waals surface area contributed by atoms with Crippen LogP contribution in [0.25, 0.3) is 0 Å². The highest BCUT2D eigenvalue weighted by atomic mass is 35.5. The molecule has 1 rings (SSSR count). The third-order valence-corrected chi connectivity index (χ3v) is 3.77. The van der Waals surface area contributed by atoms with E-state index in [-0.39, 0.29) is 6.04 Å². The van der Waals surface area contributed by atoms with E-state index in [1.54, 1.807) is 6.07 Å². The van der Waals surface area contributed by atoms with E-state index in [1.165, 1.54) is 0 Å². The van der Waals surface area contributed by atoms with Crippen molar-refractivity contribution in [2.24, 2.45) is 5.73 Å². The van der Waals surface area contributed by atoms with Crippen molar-refractivity contribution in [3.8, 4) is 0 Å². The standard InChI is InChI=1S/C14H23Cl2N3/c1-18(2)7-4-8-19(3)14(10-17)12-9-11(15)5-6-13(12)16/h5-6,9,14H,4,7-8,10,17H2,1-3H3. The summed E-state index contributed by atoms with van der Waals surface area (Å²) in [7, 11) is 6.23. The van der Waals surface area contributed by atoms with Crippen LogP contribution < -0.4 is 5.73 Å². The van der Waals surface area contributed by atoms with E-state index < -0.39 is 0 Å². The molecule has 1 atom stereocenters. The first-order valence-electron chi connectivity index (χ1n) is 6.45. The van der Waals surface area contributed by atoms with Gasteiger partial charge >= 0.3 is 0 Å². The monoisotopic (exact) mass is 303 g/mol. The van der Waals surface area contributed by atoms with Gasteiger partial charge in [-0.2, -0.15) is 0 Å². The lowest BCUT2D eigenvalue weighted by molar-refractivity contribution is 0.235. The Balaban J connectivity index is 2.73. The predicted molar refractivity (Wildman–Crippen MR) is 84.1 cm³/mol. The summed E-state index contributed by atoms with van der Waals surface area (Å²) >= 11 is 12.3. The fraction of sp³-hybridized carbons (Fsp3) is 0.571. The highest BCUT2D eigenvalue weighted by Gasteiger charge is 2.18. The predicted octanol–water partition coefficient (Wildman–Crippen LogP) is 2.88. The quantitative estimate of drug-likeness (QED) is 0.841. The first-order valence-corrected chi connectivity index (χ1v) is 7.21. The molecule has 0 bridgehead atoms. The number of benzene rings is 1. The molecule has 5 heteroatoms. The zero-order valence-electron chi connectivity index (χ0n) is 11.9. The maximum absolute atomic E-state index is 6.25. The van der Waals surface area contributed by atoms with E-state index in [2.05, 4.69) is 30.9 Å². The molecule has 3 nitrogen and oxygen atoms in total. The van der Waals surface area contributed by atoms with Crippen molar-refractivity contribution in [2.75, 3.05) is 40.8 Å². The molecule has 0 aliphatic heterocycles. The molecule has 0 radical (unpaired) electrons. The van der Waals surface area contributed by atoms with Crippen LogP contribution >= 0.6 is 23.2 Å². The van der Waals surface area contributed by atoms with Gasteiger partial charge in [0.2, 0.25) is 0 Å². The van der Waals surface area contributed by atoms with Gasteiger partial charge in [0.25, 0.3) is 0 Å². The average Bonchev–Trinajstić information content (AvgIpc) is 2.34. The Kier molecular flexibility index (Phi) is 7.11. The van der Waals surface area contributed by atoms with Gasteiger partial charge in [0, 0.05) is 22.6 Å². The Bertz CT molecular complexity index is 396. The Hall–Kier alpha value is -0.320. The second kappa shape index (κ2) is 8.08. The second-order valence-corrected chi connectivity index (χ2v) is 5.90. The van der Waals surface area contributed by atoms with Gasteiger partial charge in [0.1, 0.15) is 0 Å².